The zero-order valence-electron chi connectivity index (χ0n) is 53.0. The number of nitrogens with zero attached hydrogens (tertiary/aromatic N) is 14. The molecule has 19 rings (SSSR count). The van der Waals surface area contributed by atoms with Crippen molar-refractivity contribution in [2.45, 2.75) is 103 Å². The van der Waals surface area contributed by atoms with Gasteiger partial charge in [-0.05, 0) is 119 Å². The van der Waals surface area contributed by atoms with Crippen LogP contribution in [-0.2, 0) is 30.9 Å². The molecular formula is C73H78N18O2. The fraction of sp³-hybridized carbons (Fsp3) is 0.342. The van der Waals surface area contributed by atoms with E-state index in [0.29, 0.717) is 30.7 Å². The van der Waals surface area contributed by atoms with E-state index in [1.54, 1.807) is 6.20 Å². The molecule has 0 amide bonds. The smallest absolute Gasteiger partial charge is 0.140 e. The zero-order chi connectivity index (χ0) is 62.5. The molecule has 472 valence electrons. The van der Waals surface area contributed by atoms with Crippen LogP contribution < -0.4 is 19.6 Å². The van der Waals surface area contributed by atoms with Gasteiger partial charge in [0.15, 0.2) is 0 Å². The van der Waals surface area contributed by atoms with Gasteiger partial charge in [0.05, 0.1) is 50.2 Å². The van der Waals surface area contributed by atoms with Gasteiger partial charge < -0.3 is 39.2 Å². The first-order valence-corrected chi connectivity index (χ1v) is 33.1. The van der Waals surface area contributed by atoms with E-state index in [1.807, 2.05) is 55.0 Å². The Morgan fingerprint density at radius 1 is 0.430 bits per heavy atom. The molecule has 20 heteroatoms. The van der Waals surface area contributed by atoms with Crippen molar-refractivity contribution in [1.82, 2.24) is 70.5 Å². The highest BCUT2D eigenvalue weighted by Gasteiger charge is 2.35. The number of fused-ring (bicyclic) bond motifs is 8. The van der Waals surface area contributed by atoms with E-state index >= 15 is 0 Å². The standard InChI is InChI=1S/C21H25N5.C19H21N5.C18H18N4O.C15H14N4O/c1-14(2)25-11-8-16(9-12-25)26-13-15-5-3-4-6-17(15)20-19-18(23-24-20)7-10-22-21(19)26;1-23-10-7-14(8-11-23)24-12-13-4-2-3-5-15(13)18-17-16(21-22-18)6-9-20-19(17)24;1-2-4-14-12(3-1)11-22(13-6-9-23-10-7-13)18-16-15(5-8-19-18)20-21-17(14)16;20-8-7-19-9-10-3-1-2-4-11(10)14-13-12(17-18-14)5-6-16-15(13)19/h3-7,10,14,16H,8-9,11-13H2,1-2H3,(H,23,24);2-6,9,14H,7-8,10-12H2,1H3,(H,21,22);1-5,8,13H,6-7,9-11H2,(H,20,21);1-6,20H,7-9H2,(H,17,18). The Morgan fingerprint density at radius 3 is 1.14 bits per heavy atom. The lowest BCUT2D eigenvalue weighted by molar-refractivity contribution is 0.0840. The second-order valence-electron chi connectivity index (χ2n) is 25.9. The Hall–Kier alpha value is -9.60. The molecule has 7 aliphatic heterocycles. The molecular weight excluding hydrogens is 1160 g/mol. The van der Waals surface area contributed by atoms with E-state index in [2.05, 4.69) is 181 Å². The Labute approximate surface area is 540 Å². The van der Waals surface area contributed by atoms with Crippen LogP contribution in [-0.4, -0.2) is 159 Å². The summed E-state index contributed by atoms with van der Waals surface area (Å²) >= 11 is 0. The number of likely N-dealkylation sites (tertiary alicyclic amines) is 2. The van der Waals surface area contributed by atoms with E-state index in [1.165, 1.54) is 75.4 Å². The van der Waals surface area contributed by atoms with Crippen molar-refractivity contribution in [1.29, 1.82) is 0 Å². The lowest BCUT2D eigenvalue weighted by Gasteiger charge is -2.40. The fourth-order valence-corrected chi connectivity index (χ4v) is 15.3. The summed E-state index contributed by atoms with van der Waals surface area (Å²) in [5, 5.41) is 44.8. The van der Waals surface area contributed by atoms with Crippen molar-refractivity contribution in [3.63, 3.8) is 0 Å². The molecule has 0 bridgehead atoms. The van der Waals surface area contributed by atoms with Crippen LogP contribution in [0.3, 0.4) is 0 Å². The van der Waals surface area contributed by atoms with Gasteiger partial charge in [-0.15, -0.1) is 0 Å². The molecule has 93 heavy (non-hydrogen) atoms. The second kappa shape index (κ2) is 25.1. The number of pyridine rings is 4. The summed E-state index contributed by atoms with van der Waals surface area (Å²) in [6.45, 7) is 15.0. The van der Waals surface area contributed by atoms with E-state index < -0.39 is 0 Å². The molecule has 0 atom stereocenters. The molecule has 0 radical (unpaired) electrons. The number of benzene rings is 4. The number of aromatic nitrogens is 12. The van der Waals surface area contributed by atoms with Crippen LogP contribution in [0.25, 0.3) is 88.6 Å². The summed E-state index contributed by atoms with van der Waals surface area (Å²) < 4.78 is 5.55. The minimum atomic E-state index is 0.105. The largest absolute Gasteiger partial charge is 0.395 e. The molecule has 15 heterocycles. The molecule has 3 saturated heterocycles. The first-order chi connectivity index (χ1) is 45.8. The van der Waals surface area contributed by atoms with Crippen LogP contribution in [0.4, 0.5) is 23.3 Å². The van der Waals surface area contributed by atoms with Gasteiger partial charge in [0, 0.05) is 130 Å². The number of hydrogen-bond acceptors (Lipinski definition) is 16. The third-order valence-electron chi connectivity index (χ3n) is 20.2. The first kappa shape index (κ1) is 58.5. The minimum absolute atomic E-state index is 0.105. The number of rotatable bonds is 6. The third kappa shape index (κ3) is 10.9. The topological polar surface area (TPSA) is 215 Å². The number of anilines is 4. The van der Waals surface area contributed by atoms with Crippen LogP contribution in [0, 0.1) is 0 Å². The van der Waals surface area contributed by atoms with Gasteiger partial charge in [-0.3, -0.25) is 20.4 Å². The maximum atomic E-state index is 9.32. The number of piperidine rings is 2. The van der Waals surface area contributed by atoms with E-state index in [4.69, 9.17) is 19.7 Å². The van der Waals surface area contributed by atoms with Gasteiger partial charge in [0.25, 0.3) is 0 Å². The predicted octanol–water partition coefficient (Wildman–Crippen LogP) is 11.9. The monoisotopic (exact) mass is 1240 g/mol. The SMILES string of the molecule is CC(C)N1CCC(N2Cc3ccccc3-c3n[nH]c4ccnc2c34)CC1.CN1CCC(N2Cc3ccccc3-c3n[nH]c4ccnc2c34)CC1.OCCN1Cc2ccccc2-c2n[nH]c3ccnc1c23.c1ccc2c(c1)CN(C1CCOCC1)c1nccc3[nH]nc-2c13. The van der Waals surface area contributed by atoms with Gasteiger partial charge in [0.2, 0.25) is 0 Å². The Kier molecular flexibility index (Phi) is 15.8. The lowest BCUT2D eigenvalue weighted by Crippen LogP contribution is -2.47. The molecule has 0 unspecified atom stereocenters. The van der Waals surface area contributed by atoms with E-state index in [9.17, 15) is 5.11 Å². The van der Waals surface area contributed by atoms with E-state index in [-0.39, 0.29) is 6.61 Å². The fourth-order valence-electron chi connectivity index (χ4n) is 15.3. The van der Waals surface area contributed by atoms with Gasteiger partial charge in [-0.1, -0.05) is 97.1 Å². The Balaban J connectivity index is 0.0000000987. The molecule has 7 aliphatic rings. The Bertz CT molecular complexity index is 4640. The number of aliphatic hydroxyl groups excluding tert-OH is 1. The summed E-state index contributed by atoms with van der Waals surface area (Å²) in [6.07, 6.45) is 14.3. The molecule has 0 spiro atoms. The first-order valence-electron chi connectivity index (χ1n) is 33.1. The summed E-state index contributed by atoms with van der Waals surface area (Å²) in [4.78, 5) is 33.4. The van der Waals surface area contributed by atoms with Crippen LogP contribution >= 0.6 is 0 Å². The number of hydrogen-bond donors (Lipinski definition) is 5. The molecule has 4 aromatic carbocycles. The minimum Gasteiger partial charge on any atom is -0.395 e. The summed E-state index contributed by atoms with van der Waals surface area (Å²) in [7, 11) is 2.21. The maximum absolute atomic E-state index is 9.32. The van der Waals surface area contributed by atoms with Crippen molar-refractivity contribution in [2.75, 3.05) is 79.2 Å². The summed E-state index contributed by atoms with van der Waals surface area (Å²) in [5.41, 5.74) is 18.2. The quantitative estimate of drug-likeness (QED) is 0.105. The summed E-state index contributed by atoms with van der Waals surface area (Å²) in [6, 6.07) is 44.2. The maximum Gasteiger partial charge on any atom is 0.140 e. The van der Waals surface area contributed by atoms with Gasteiger partial charge >= 0.3 is 0 Å². The number of aliphatic hydroxyl groups is 1. The summed E-state index contributed by atoms with van der Waals surface area (Å²) in [5.74, 6) is 4.11. The molecule has 20 nitrogen and oxygen atoms in total. The third-order valence-corrected chi connectivity index (χ3v) is 20.2. The lowest BCUT2D eigenvalue weighted by atomic mass is 10.0. The molecule has 0 saturated carbocycles. The number of ether oxygens (including phenoxy) is 1. The average Bonchev–Trinajstić information content (AvgIpc) is 1.92. The number of H-pyrrole nitrogens is 4. The number of β-amino-alcohol motifs (C(OH)–C–C–N with tert-alkyl or cyclic N) is 1. The number of nitrogens with one attached hydrogen (secondary N) is 4. The number of aromatic amines is 4. The molecule has 8 aromatic heterocycles. The second-order valence-corrected chi connectivity index (χ2v) is 25.9. The molecule has 3 fully saturated rings. The predicted molar refractivity (Wildman–Crippen MR) is 368 cm³/mol. The zero-order valence-corrected chi connectivity index (χ0v) is 53.0. The highest BCUT2D eigenvalue weighted by Crippen LogP contribution is 2.45. The Morgan fingerprint density at radius 2 is 0.763 bits per heavy atom. The highest BCUT2D eigenvalue weighted by atomic mass is 16.5. The van der Waals surface area contributed by atoms with Crippen LogP contribution in [0.15, 0.2) is 146 Å². The van der Waals surface area contributed by atoms with Crippen molar-refractivity contribution >= 4 is 66.9 Å². The van der Waals surface area contributed by atoms with Crippen LogP contribution in [0.2, 0.25) is 0 Å². The molecule has 5 N–H and O–H groups in total. The van der Waals surface area contributed by atoms with Crippen molar-refractivity contribution in [3.8, 4) is 45.0 Å². The normalized spacial score (nSPS) is 17.3. The van der Waals surface area contributed by atoms with Crippen LogP contribution in [0.1, 0.15) is 74.6 Å². The average molecular weight is 1240 g/mol. The van der Waals surface area contributed by atoms with E-state index in [0.717, 1.165) is 163 Å². The van der Waals surface area contributed by atoms with Crippen molar-refractivity contribution in [3.05, 3.63) is 168 Å². The molecule has 12 aromatic rings. The highest BCUT2D eigenvalue weighted by molar-refractivity contribution is 6.05. The van der Waals surface area contributed by atoms with Crippen LogP contribution in [0.5, 0.6) is 0 Å². The molecule has 0 aliphatic carbocycles. The van der Waals surface area contributed by atoms with Gasteiger partial charge in [0.1, 0.15) is 46.0 Å². The van der Waals surface area contributed by atoms with Gasteiger partial charge in [-0.25, -0.2) is 19.9 Å². The van der Waals surface area contributed by atoms with Gasteiger partial charge in [-0.2, -0.15) is 20.4 Å². The van der Waals surface area contributed by atoms with Crippen molar-refractivity contribution < 1.29 is 9.84 Å². The van der Waals surface area contributed by atoms with Crippen molar-refractivity contribution in [2.24, 2.45) is 0 Å².